The number of pyridine rings is 1. The van der Waals surface area contributed by atoms with Gasteiger partial charge in [-0.1, -0.05) is 19.1 Å². The highest BCUT2D eigenvalue weighted by Gasteiger charge is 2.25. The summed E-state index contributed by atoms with van der Waals surface area (Å²) in [5.41, 5.74) is 1.14. The first-order chi connectivity index (χ1) is 16.8. The largest absolute Gasteiger partial charge is 0.342 e. The van der Waals surface area contributed by atoms with Crippen molar-refractivity contribution < 1.29 is 13.6 Å². The van der Waals surface area contributed by atoms with Gasteiger partial charge in [-0.15, -0.1) is 16.4 Å². The van der Waals surface area contributed by atoms with Gasteiger partial charge in [0, 0.05) is 11.1 Å². The molecule has 0 aromatic carbocycles. The number of nitrogens with one attached hydrogen (secondary N) is 2. The Morgan fingerprint density at radius 1 is 1.20 bits per heavy atom. The summed E-state index contributed by atoms with van der Waals surface area (Å²) in [7, 11) is 0. The maximum atomic E-state index is 13.7. The molecule has 5 aromatic rings. The number of amides is 1. The van der Waals surface area contributed by atoms with Gasteiger partial charge in [-0.3, -0.25) is 14.3 Å². The first kappa shape index (κ1) is 22.8. The first-order valence-electron chi connectivity index (χ1n) is 10.8. The van der Waals surface area contributed by atoms with E-state index >= 15 is 0 Å². The van der Waals surface area contributed by atoms with E-state index in [1.165, 1.54) is 12.4 Å². The van der Waals surface area contributed by atoms with E-state index in [9.17, 15) is 13.6 Å². The molecular weight excluding hydrogens is 476 g/mol. The van der Waals surface area contributed by atoms with Gasteiger partial charge in [0.1, 0.15) is 23.5 Å². The number of hydrogen-bond donors (Lipinski definition) is 2. The molecule has 0 saturated heterocycles. The third kappa shape index (κ3) is 4.18. The summed E-state index contributed by atoms with van der Waals surface area (Å²) in [6.45, 7) is 5.88. The van der Waals surface area contributed by atoms with E-state index in [1.54, 1.807) is 28.1 Å². The number of fused-ring (bicyclic) bond motifs is 1. The minimum Gasteiger partial charge on any atom is -0.342 e. The molecule has 180 valence electrons. The third-order valence-electron chi connectivity index (χ3n) is 5.55. The molecule has 0 radical (unpaired) electrons. The molecule has 0 aliphatic carbocycles. The number of imidazole rings is 1. The lowest BCUT2D eigenvalue weighted by atomic mass is 10.0. The van der Waals surface area contributed by atoms with E-state index < -0.39 is 24.1 Å². The van der Waals surface area contributed by atoms with Gasteiger partial charge < -0.3 is 5.32 Å². The molecule has 1 amide bonds. The molecule has 0 bridgehead atoms. The number of aromatic amines is 1. The zero-order valence-electron chi connectivity index (χ0n) is 19.0. The maximum Gasteiger partial charge on any atom is 0.282 e. The average Bonchev–Trinajstić information content (AvgIpc) is 3.62. The van der Waals surface area contributed by atoms with Crippen LogP contribution in [-0.2, 0) is 0 Å². The van der Waals surface area contributed by atoms with Crippen LogP contribution in [0.2, 0.25) is 0 Å². The van der Waals surface area contributed by atoms with Crippen molar-refractivity contribution in [1.82, 2.24) is 44.9 Å². The average molecular weight is 498 g/mol. The molecular formula is C22H21F2N9OS. The summed E-state index contributed by atoms with van der Waals surface area (Å²) in [5.74, 6) is 0.112. The summed E-state index contributed by atoms with van der Waals surface area (Å²) in [6, 6.07) is 4.98. The molecule has 0 fully saturated rings. The highest BCUT2D eigenvalue weighted by atomic mass is 32.1. The molecule has 10 nitrogen and oxygen atoms in total. The molecule has 13 heteroatoms. The van der Waals surface area contributed by atoms with Gasteiger partial charge in [-0.2, -0.15) is 5.10 Å². The monoisotopic (exact) mass is 497 g/mol. The van der Waals surface area contributed by atoms with Crippen molar-refractivity contribution in [2.45, 2.75) is 33.2 Å². The molecule has 0 unspecified atom stereocenters. The number of alkyl halides is 2. The van der Waals surface area contributed by atoms with E-state index in [2.05, 4.69) is 35.8 Å². The number of halogens is 2. The predicted octanol–water partition coefficient (Wildman–Crippen LogP) is 4.13. The van der Waals surface area contributed by atoms with Crippen molar-refractivity contribution in [3.63, 3.8) is 0 Å². The molecule has 5 aromatic heterocycles. The molecule has 35 heavy (non-hydrogen) atoms. The highest BCUT2D eigenvalue weighted by Crippen LogP contribution is 2.31. The predicted molar refractivity (Wildman–Crippen MR) is 125 cm³/mol. The Labute approximate surface area is 202 Å². The van der Waals surface area contributed by atoms with Gasteiger partial charge in [0.15, 0.2) is 5.65 Å². The number of rotatable bonds is 7. The quantitative estimate of drug-likeness (QED) is 0.349. The number of carbonyl (C=O) groups excluding carboxylic acids is 1. The van der Waals surface area contributed by atoms with Gasteiger partial charge in [-0.05, 0) is 31.0 Å². The Kier molecular flexibility index (Phi) is 5.84. The summed E-state index contributed by atoms with van der Waals surface area (Å²) >= 11 is 1.56. The number of aryl methyl sites for hydroxylation is 1. The molecule has 2 N–H and O–H groups in total. The van der Waals surface area contributed by atoms with E-state index in [4.69, 9.17) is 0 Å². The van der Waals surface area contributed by atoms with Crippen LogP contribution in [-0.4, -0.2) is 45.5 Å². The van der Waals surface area contributed by atoms with Crippen LogP contribution in [0.25, 0.3) is 21.9 Å². The fraction of sp³-hybridized carbons (Fsp3) is 0.273. The Morgan fingerprint density at radius 3 is 2.69 bits per heavy atom. The van der Waals surface area contributed by atoms with Crippen molar-refractivity contribution in [2.24, 2.45) is 5.92 Å². The second-order valence-corrected chi connectivity index (χ2v) is 9.59. The second-order valence-electron chi connectivity index (χ2n) is 8.30. The Balaban J connectivity index is 1.66. The summed E-state index contributed by atoms with van der Waals surface area (Å²) in [6.07, 6.45) is 2.85. The normalized spacial score (nSPS) is 12.7. The highest BCUT2D eigenvalue weighted by molar-refractivity contribution is 7.15. The topological polar surface area (TPSA) is 119 Å². The Bertz CT molecular complexity index is 1490. The van der Waals surface area contributed by atoms with Crippen LogP contribution >= 0.6 is 11.3 Å². The van der Waals surface area contributed by atoms with E-state index in [0.717, 1.165) is 26.3 Å². The van der Waals surface area contributed by atoms with Crippen LogP contribution in [0.5, 0.6) is 0 Å². The van der Waals surface area contributed by atoms with Crippen molar-refractivity contribution in [2.75, 3.05) is 0 Å². The lowest BCUT2D eigenvalue weighted by Crippen LogP contribution is -2.32. The van der Waals surface area contributed by atoms with Crippen molar-refractivity contribution in [1.29, 1.82) is 0 Å². The molecule has 5 rings (SSSR count). The summed E-state index contributed by atoms with van der Waals surface area (Å²) < 4.78 is 30.1. The molecule has 0 spiro atoms. The van der Waals surface area contributed by atoms with Gasteiger partial charge in [0.05, 0.1) is 34.6 Å². The third-order valence-corrected chi connectivity index (χ3v) is 6.57. The number of nitrogens with zero attached hydrogens (tertiary/aromatic N) is 7. The van der Waals surface area contributed by atoms with Crippen LogP contribution in [0.15, 0.2) is 43.1 Å². The lowest BCUT2D eigenvalue weighted by molar-refractivity contribution is 0.0922. The van der Waals surface area contributed by atoms with Crippen LogP contribution in [0.1, 0.15) is 53.1 Å². The zero-order chi connectivity index (χ0) is 24.7. The molecule has 0 aliphatic heterocycles. The second kappa shape index (κ2) is 8.98. The van der Waals surface area contributed by atoms with Crippen LogP contribution < -0.4 is 5.32 Å². The Morgan fingerprint density at radius 2 is 2.03 bits per heavy atom. The van der Waals surface area contributed by atoms with Crippen LogP contribution in [0.3, 0.4) is 0 Å². The number of hydrogen-bond acceptors (Lipinski definition) is 7. The fourth-order valence-corrected chi connectivity index (χ4v) is 4.70. The van der Waals surface area contributed by atoms with E-state index in [0.29, 0.717) is 11.5 Å². The molecule has 1 atom stereocenters. The summed E-state index contributed by atoms with van der Waals surface area (Å²) in [4.78, 5) is 24.1. The lowest BCUT2D eigenvalue weighted by Gasteiger charge is -2.20. The smallest absolute Gasteiger partial charge is 0.282 e. The maximum absolute atomic E-state index is 13.7. The first-order valence-corrected chi connectivity index (χ1v) is 11.6. The zero-order valence-corrected chi connectivity index (χ0v) is 19.8. The molecule has 0 saturated carbocycles. The van der Waals surface area contributed by atoms with Crippen LogP contribution in [0, 0.1) is 12.8 Å². The van der Waals surface area contributed by atoms with Gasteiger partial charge in [0.2, 0.25) is 0 Å². The fourth-order valence-electron chi connectivity index (χ4n) is 3.82. The Hall–Kier alpha value is -4.00. The number of thiophene rings is 1. The van der Waals surface area contributed by atoms with E-state index in [-0.39, 0.29) is 17.2 Å². The molecule has 5 heterocycles. The van der Waals surface area contributed by atoms with Crippen molar-refractivity contribution in [3.05, 3.63) is 65.1 Å². The number of carbonyl (C=O) groups is 1. The van der Waals surface area contributed by atoms with Crippen LogP contribution in [0.4, 0.5) is 8.78 Å². The van der Waals surface area contributed by atoms with Gasteiger partial charge >= 0.3 is 0 Å². The standard InChI is InChI=1S/C22H21F2N9OS/c1-11(2)18(20-26-10-28-30-20)29-22(34)13-6-14(33-16(19(23)24)8-27-31-33)21-25-7-15(32(21)9-13)17-5-4-12(3)35-17/h4-11,18-19H,1-3H3,(H,29,34)(H,26,28,30)/t18-/m0/s1. The van der Waals surface area contributed by atoms with Crippen molar-refractivity contribution >= 4 is 22.9 Å². The molecule has 0 aliphatic rings. The van der Waals surface area contributed by atoms with Gasteiger partial charge in [-0.25, -0.2) is 23.4 Å². The van der Waals surface area contributed by atoms with Gasteiger partial charge in [0.25, 0.3) is 12.3 Å². The SMILES string of the molecule is Cc1ccc(-c2cnc3c(-n4nncc4C(F)F)cc(C(=O)N[C@H](c4ncn[nH]4)C(C)C)cn23)s1. The number of H-pyrrole nitrogens is 1. The summed E-state index contributed by atoms with van der Waals surface area (Å²) in [5, 5.41) is 17.1. The number of aromatic nitrogens is 8. The van der Waals surface area contributed by atoms with Crippen molar-refractivity contribution in [3.8, 4) is 16.3 Å². The minimum absolute atomic E-state index is 0.00810. The van der Waals surface area contributed by atoms with E-state index in [1.807, 2.05) is 32.9 Å². The minimum atomic E-state index is -2.81.